The molecule has 0 aliphatic carbocycles. The van der Waals surface area contributed by atoms with Gasteiger partial charge in [-0.2, -0.15) is 13.2 Å². The summed E-state index contributed by atoms with van der Waals surface area (Å²) in [6, 6.07) is 18.0. The highest BCUT2D eigenvalue weighted by Crippen LogP contribution is 2.30. The first-order chi connectivity index (χ1) is 16.7. The Balaban J connectivity index is 1.35. The van der Waals surface area contributed by atoms with Gasteiger partial charge in [0.25, 0.3) is 0 Å². The first kappa shape index (κ1) is 24.2. The Bertz CT molecular complexity index is 1320. The van der Waals surface area contributed by atoms with E-state index in [9.17, 15) is 18.0 Å². The molecule has 0 N–H and O–H groups in total. The number of aromatic nitrogens is 2. The lowest BCUT2D eigenvalue weighted by Gasteiger charge is -2.13. The Kier molecular flexibility index (Phi) is 7.00. The van der Waals surface area contributed by atoms with E-state index in [0.717, 1.165) is 34.3 Å². The number of ether oxygens (including phenoxy) is 1. The van der Waals surface area contributed by atoms with Gasteiger partial charge >= 0.3 is 6.18 Å². The smallest absolute Gasteiger partial charge is 0.416 e. The van der Waals surface area contributed by atoms with Crippen LogP contribution in [-0.2, 0) is 23.8 Å². The van der Waals surface area contributed by atoms with Crippen molar-refractivity contribution >= 4 is 22.4 Å². The Hall–Kier alpha value is -3.94. The van der Waals surface area contributed by atoms with Gasteiger partial charge in [0.15, 0.2) is 0 Å². The highest BCUT2D eigenvalue weighted by molar-refractivity contribution is 5.86. The fraction of sp³-hybridized carbons (Fsp3) is 0.222. The van der Waals surface area contributed by atoms with Gasteiger partial charge in [0, 0.05) is 32.6 Å². The number of Topliss-reactive ketones (excluding diaryl/α,β-unsaturated/α-hetero) is 1. The number of hydrogen-bond donors (Lipinski definition) is 0. The maximum atomic E-state index is 12.7. The number of benzene rings is 3. The minimum absolute atomic E-state index is 0.0112. The number of halogens is 3. The first-order valence-corrected chi connectivity index (χ1v) is 11.1. The van der Waals surface area contributed by atoms with Gasteiger partial charge in [-0.15, -0.1) is 0 Å². The maximum Gasteiger partial charge on any atom is 0.416 e. The minimum Gasteiger partial charge on any atom is -0.438 e. The molecule has 8 heteroatoms. The summed E-state index contributed by atoms with van der Waals surface area (Å²) in [5.41, 5.74) is 2.64. The lowest BCUT2D eigenvalue weighted by molar-refractivity contribution is -0.137. The number of nitrogens with zero attached hydrogens (tertiary/aromatic N) is 3. The number of fused-ring (bicyclic) bond motifs is 1. The van der Waals surface area contributed by atoms with Gasteiger partial charge in [0.2, 0.25) is 5.88 Å². The van der Waals surface area contributed by atoms with Crippen LogP contribution in [0.4, 0.5) is 18.9 Å². The van der Waals surface area contributed by atoms with Gasteiger partial charge in [0.05, 0.1) is 16.5 Å². The number of carbonyl (C=O) groups excluding carboxylic acids is 1. The average molecular weight is 480 g/mol. The highest BCUT2D eigenvalue weighted by atomic mass is 19.4. The predicted molar refractivity (Wildman–Crippen MR) is 129 cm³/mol. The van der Waals surface area contributed by atoms with E-state index < -0.39 is 11.7 Å². The van der Waals surface area contributed by atoms with Gasteiger partial charge in [-0.1, -0.05) is 24.3 Å². The summed E-state index contributed by atoms with van der Waals surface area (Å²) in [6.07, 6.45) is -2.01. The standard InChI is InChI=1S/C27H24F3N3O2/c1-33(2)21-10-14-24-25(16-21)31-17-32-26(24)35-23-12-6-19(7-13-23)15-22(34)11-5-18-3-8-20(9-4-18)27(28,29)30/h3-4,6-10,12-14,16-17H,5,11,15H2,1-2H3. The van der Waals surface area contributed by atoms with E-state index in [2.05, 4.69) is 9.97 Å². The second kappa shape index (κ2) is 10.1. The zero-order valence-corrected chi connectivity index (χ0v) is 19.3. The molecule has 0 bridgehead atoms. The van der Waals surface area contributed by atoms with E-state index in [4.69, 9.17) is 4.74 Å². The van der Waals surface area contributed by atoms with Crippen molar-refractivity contribution in [1.29, 1.82) is 0 Å². The van der Waals surface area contributed by atoms with Crippen molar-refractivity contribution in [3.05, 3.63) is 89.7 Å². The highest BCUT2D eigenvalue weighted by Gasteiger charge is 2.29. The van der Waals surface area contributed by atoms with Crippen molar-refractivity contribution < 1.29 is 22.7 Å². The van der Waals surface area contributed by atoms with Gasteiger partial charge < -0.3 is 9.64 Å². The molecule has 0 aliphatic rings. The minimum atomic E-state index is -4.36. The lowest BCUT2D eigenvalue weighted by Crippen LogP contribution is -2.08. The van der Waals surface area contributed by atoms with Crippen LogP contribution in [0.2, 0.25) is 0 Å². The molecule has 0 saturated heterocycles. The van der Waals surface area contributed by atoms with Crippen LogP contribution in [0.5, 0.6) is 11.6 Å². The number of hydrogen-bond acceptors (Lipinski definition) is 5. The summed E-state index contributed by atoms with van der Waals surface area (Å²) < 4.78 is 44.0. The number of anilines is 1. The number of rotatable bonds is 8. The van der Waals surface area contributed by atoms with Gasteiger partial charge in [-0.3, -0.25) is 4.79 Å². The van der Waals surface area contributed by atoms with Crippen LogP contribution in [-0.4, -0.2) is 29.8 Å². The van der Waals surface area contributed by atoms with Crippen LogP contribution in [0.3, 0.4) is 0 Å². The van der Waals surface area contributed by atoms with Crippen molar-refractivity contribution in [3.63, 3.8) is 0 Å². The normalized spacial score (nSPS) is 11.5. The summed E-state index contributed by atoms with van der Waals surface area (Å²) in [5.74, 6) is 1.04. The van der Waals surface area contributed by atoms with Crippen LogP contribution in [0.1, 0.15) is 23.1 Å². The molecule has 0 saturated carbocycles. The summed E-state index contributed by atoms with van der Waals surface area (Å²) in [5, 5.41) is 0.792. The van der Waals surface area contributed by atoms with Gasteiger partial charge in [-0.05, 0) is 60.0 Å². The molecule has 1 heterocycles. The lowest BCUT2D eigenvalue weighted by atomic mass is 10.0. The van der Waals surface area contributed by atoms with Gasteiger partial charge in [-0.25, -0.2) is 9.97 Å². The number of aryl methyl sites for hydroxylation is 1. The largest absolute Gasteiger partial charge is 0.438 e. The van der Waals surface area contributed by atoms with E-state index in [0.29, 0.717) is 23.6 Å². The Morgan fingerprint density at radius 3 is 2.26 bits per heavy atom. The molecule has 0 amide bonds. The molecule has 180 valence electrons. The fourth-order valence-electron chi connectivity index (χ4n) is 3.63. The monoisotopic (exact) mass is 479 g/mol. The van der Waals surface area contributed by atoms with E-state index in [1.807, 2.05) is 49.3 Å². The van der Waals surface area contributed by atoms with Crippen LogP contribution < -0.4 is 9.64 Å². The summed E-state index contributed by atoms with van der Waals surface area (Å²) in [7, 11) is 3.92. The fourth-order valence-corrected chi connectivity index (χ4v) is 3.63. The average Bonchev–Trinajstić information content (AvgIpc) is 2.83. The van der Waals surface area contributed by atoms with E-state index in [-0.39, 0.29) is 18.6 Å². The molecular formula is C27H24F3N3O2. The molecule has 0 unspecified atom stereocenters. The van der Waals surface area contributed by atoms with Crippen molar-refractivity contribution in [2.75, 3.05) is 19.0 Å². The third-order valence-electron chi connectivity index (χ3n) is 5.61. The molecular weight excluding hydrogens is 455 g/mol. The van der Waals surface area contributed by atoms with Crippen molar-refractivity contribution in [3.8, 4) is 11.6 Å². The van der Waals surface area contributed by atoms with Crippen molar-refractivity contribution in [2.24, 2.45) is 0 Å². The Morgan fingerprint density at radius 1 is 0.914 bits per heavy atom. The molecule has 0 spiro atoms. The summed E-state index contributed by atoms with van der Waals surface area (Å²) in [4.78, 5) is 22.9. The molecule has 5 nitrogen and oxygen atoms in total. The van der Waals surface area contributed by atoms with E-state index in [1.54, 1.807) is 12.1 Å². The second-order valence-electron chi connectivity index (χ2n) is 8.43. The summed E-state index contributed by atoms with van der Waals surface area (Å²) >= 11 is 0. The molecule has 3 aromatic carbocycles. The molecule has 4 aromatic rings. The third kappa shape index (κ3) is 6.15. The number of alkyl halides is 3. The third-order valence-corrected chi connectivity index (χ3v) is 5.61. The van der Waals surface area contributed by atoms with Gasteiger partial charge in [0.1, 0.15) is 17.9 Å². The molecule has 0 radical (unpaired) electrons. The SMILES string of the molecule is CN(C)c1ccc2c(Oc3ccc(CC(=O)CCc4ccc(C(F)(F)F)cc4)cc3)ncnc2c1. The Labute approximate surface area is 201 Å². The topological polar surface area (TPSA) is 55.3 Å². The van der Waals surface area contributed by atoms with Crippen LogP contribution >= 0.6 is 0 Å². The number of carbonyl (C=O) groups is 1. The first-order valence-electron chi connectivity index (χ1n) is 11.1. The number of ketones is 1. The molecule has 0 aliphatic heterocycles. The van der Waals surface area contributed by atoms with E-state index >= 15 is 0 Å². The molecule has 4 rings (SSSR count). The van der Waals surface area contributed by atoms with Crippen LogP contribution in [0.15, 0.2) is 73.1 Å². The van der Waals surface area contributed by atoms with Crippen LogP contribution in [0.25, 0.3) is 10.9 Å². The van der Waals surface area contributed by atoms with Crippen molar-refractivity contribution in [2.45, 2.75) is 25.4 Å². The Morgan fingerprint density at radius 2 is 1.60 bits per heavy atom. The predicted octanol–water partition coefficient (Wildman–Crippen LogP) is 6.25. The zero-order valence-electron chi connectivity index (χ0n) is 19.3. The molecule has 35 heavy (non-hydrogen) atoms. The quantitative estimate of drug-likeness (QED) is 0.299. The van der Waals surface area contributed by atoms with Crippen LogP contribution in [0, 0.1) is 0 Å². The van der Waals surface area contributed by atoms with E-state index in [1.165, 1.54) is 18.5 Å². The molecule has 0 fully saturated rings. The second-order valence-corrected chi connectivity index (χ2v) is 8.43. The zero-order chi connectivity index (χ0) is 25.0. The van der Waals surface area contributed by atoms with Crippen molar-refractivity contribution in [1.82, 2.24) is 9.97 Å². The maximum absolute atomic E-state index is 12.7. The molecule has 0 atom stereocenters. The molecule has 1 aromatic heterocycles. The summed E-state index contributed by atoms with van der Waals surface area (Å²) in [6.45, 7) is 0.